The molecule has 1 aromatic heterocycles. The Bertz CT molecular complexity index is 1330. The number of nitrogens with zero attached hydrogens (tertiary/aromatic N) is 1. The monoisotopic (exact) mass is 449 g/mol. The zero-order chi connectivity index (χ0) is 22.7. The maximum absolute atomic E-state index is 12.9. The van der Waals surface area contributed by atoms with Crippen LogP contribution in [0, 0.1) is 10.1 Å². The minimum absolute atomic E-state index is 0.0164. The number of amides is 1. The number of rotatable bonds is 7. The van der Waals surface area contributed by atoms with Crippen molar-refractivity contribution in [3.8, 4) is 0 Å². The summed E-state index contributed by atoms with van der Waals surface area (Å²) in [5.41, 5.74) is 1.55. The fraction of sp³-hybridized carbons (Fsp3) is 0.0435. The minimum Gasteiger partial charge on any atom is -0.449 e. The fourth-order valence-corrected chi connectivity index (χ4v) is 3.37. The van der Waals surface area contributed by atoms with Crippen molar-refractivity contribution in [1.82, 2.24) is 0 Å². The summed E-state index contributed by atoms with van der Waals surface area (Å²) in [4.78, 5) is 35.7. The second kappa shape index (κ2) is 8.91. The van der Waals surface area contributed by atoms with Gasteiger partial charge < -0.3 is 15.1 Å². The number of carbonyl (C=O) groups is 2. The molecule has 4 rings (SSSR count). The molecule has 0 aliphatic carbocycles. The number of nitrogens with one attached hydrogen (secondary N) is 2. The summed E-state index contributed by atoms with van der Waals surface area (Å²) < 4.78 is 5.75. The van der Waals surface area contributed by atoms with E-state index in [0.717, 1.165) is 0 Å². The lowest BCUT2D eigenvalue weighted by Gasteiger charge is -2.08. The standard InChI is InChI=1S/C23H16ClN3O5/c24-15-4-3-5-16(12-15)26-23(29)22-21(18-6-1-2-7-20(18)32-22)25-13-19(28)14-8-10-17(11-9-14)27(30)31/h1-12,25H,13H2,(H,26,29). The van der Waals surface area contributed by atoms with Gasteiger partial charge >= 0.3 is 0 Å². The van der Waals surface area contributed by atoms with E-state index in [1.54, 1.807) is 48.5 Å². The predicted octanol–water partition coefficient (Wildman–Crippen LogP) is 5.54. The SMILES string of the molecule is O=C(CNc1c(C(=O)Nc2cccc(Cl)c2)oc2ccccc12)c1ccc([N+](=O)[O-])cc1. The Morgan fingerprint density at radius 2 is 1.75 bits per heavy atom. The van der Waals surface area contributed by atoms with Crippen molar-refractivity contribution < 1.29 is 18.9 Å². The lowest BCUT2D eigenvalue weighted by atomic mass is 10.1. The van der Waals surface area contributed by atoms with Crippen LogP contribution >= 0.6 is 11.6 Å². The van der Waals surface area contributed by atoms with Gasteiger partial charge in [0.05, 0.1) is 17.2 Å². The van der Waals surface area contributed by atoms with Gasteiger partial charge in [0.2, 0.25) is 5.76 Å². The van der Waals surface area contributed by atoms with Gasteiger partial charge in [-0.3, -0.25) is 19.7 Å². The quantitative estimate of drug-likeness (QED) is 0.217. The normalized spacial score (nSPS) is 10.7. The highest BCUT2D eigenvalue weighted by Crippen LogP contribution is 2.31. The first kappa shape index (κ1) is 21.1. The van der Waals surface area contributed by atoms with E-state index < -0.39 is 10.8 Å². The first-order valence-corrected chi connectivity index (χ1v) is 9.90. The van der Waals surface area contributed by atoms with E-state index in [2.05, 4.69) is 10.6 Å². The number of para-hydroxylation sites is 1. The van der Waals surface area contributed by atoms with Gasteiger partial charge in [-0.25, -0.2) is 0 Å². The number of Topliss-reactive ketones (excluding diaryl/α,β-unsaturated/α-hetero) is 1. The predicted molar refractivity (Wildman–Crippen MR) is 122 cm³/mol. The number of benzene rings is 3. The molecule has 1 amide bonds. The third-order valence-corrected chi connectivity index (χ3v) is 4.95. The summed E-state index contributed by atoms with van der Waals surface area (Å²) in [5.74, 6) is -0.789. The van der Waals surface area contributed by atoms with E-state index in [4.69, 9.17) is 16.0 Å². The second-order valence-corrected chi connectivity index (χ2v) is 7.28. The van der Waals surface area contributed by atoms with Crippen LogP contribution in [-0.2, 0) is 0 Å². The topological polar surface area (TPSA) is 114 Å². The molecular formula is C23H16ClN3O5. The van der Waals surface area contributed by atoms with Crippen molar-refractivity contribution in [2.75, 3.05) is 17.2 Å². The molecule has 1 heterocycles. The summed E-state index contributed by atoms with van der Waals surface area (Å²) in [6.07, 6.45) is 0. The third-order valence-electron chi connectivity index (χ3n) is 4.71. The van der Waals surface area contributed by atoms with Gasteiger partial charge in [-0.1, -0.05) is 29.8 Å². The van der Waals surface area contributed by atoms with Gasteiger partial charge in [0.1, 0.15) is 5.58 Å². The number of anilines is 2. The largest absolute Gasteiger partial charge is 0.449 e. The number of non-ortho nitro benzene ring substituents is 1. The van der Waals surface area contributed by atoms with Gasteiger partial charge in [0.25, 0.3) is 11.6 Å². The molecule has 0 aliphatic heterocycles. The van der Waals surface area contributed by atoms with Crippen LogP contribution in [0.2, 0.25) is 5.02 Å². The van der Waals surface area contributed by atoms with Crippen LogP contribution in [0.5, 0.6) is 0 Å². The van der Waals surface area contributed by atoms with Crippen molar-refractivity contribution in [1.29, 1.82) is 0 Å². The number of nitro groups is 1. The summed E-state index contributed by atoms with van der Waals surface area (Å²) in [6.45, 7) is -0.140. The molecule has 0 unspecified atom stereocenters. The highest BCUT2D eigenvalue weighted by atomic mass is 35.5. The van der Waals surface area contributed by atoms with Crippen LogP contribution in [-0.4, -0.2) is 23.2 Å². The Hall–Kier alpha value is -4.17. The summed E-state index contributed by atoms with van der Waals surface area (Å²) >= 11 is 5.98. The van der Waals surface area contributed by atoms with E-state index in [0.29, 0.717) is 32.9 Å². The van der Waals surface area contributed by atoms with Crippen molar-refractivity contribution in [2.24, 2.45) is 0 Å². The summed E-state index contributed by atoms with van der Waals surface area (Å²) in [6, 6.07) is 19.1. The Labute approximate surface area is 186 Å². The number of nitro benzene ring substituents is 1. The lowest BCUT2D eigenvalue weighted by molar-refractivity contribution is -0.384. The van der Waals surface area contributed by atoms with Gasteiger partial charge in [-0.15, -0.1) is 0 Å². The molecule has 3 aromatic carbocycles. The maximum atomic E-state index is 12.9. The van der Waals surface area contributed by atoms with Gasteiger partial charge in [0, 0.05) is 33.8 Å². The summed E-state index contributed by atoms with van der Waals surface area (Å²) in [7, 11) is 0. The molecule has 0 saturated heterocycles. The number of fused-ring (bicyclic) bond motifs is 1. The molecule has 0 bridgehead atoms. The molecule has 2 N–H and O–H groups in total. The minimum atomic E-state index is -0.533. The molecule has 4 aromatic rings. The van der Waals surface area contributed by atoms with Crippen LogP contribution in [0.25, 0.3) is 11.0 Å². The van der Waals surface area contributed by atoms with Crippen LogP contribution < -0.4 is 10.6 Å². The number of hydrogen-bond acceptors (Lipinski definition) is 6. The third kappa shape index (κ3) is 4.45. The van der Waals surface area contributed by atoms with Gasteiger partial charge in [0.15, 0.2) is 5.78 Å². The molecule has 0 radical (unpaired) electrons. The highest BCUT2D eigenvalue weighted by Gasteiger charge is 2.21. The van der Waals surface area contributed by atoms with E-state index in [1.165, 1.54) is 24.3 Å². The molecule has 0 atom stereocenters. The summed E-state index contributed by atoms with van der Waals surface area (Å²) in [5, 5.41) is 17.6. The van der Waals surface area contributed by atoms with E-state index in [-0.39, 0.29) is 23.8 Å². The maximum Gasteiger partial charge on any atom is 0.293 e. The molecule has 32 heavy (non-hydrogen) atoms. The first-order chi connectivity index (χ1) is 15.4. The number of ketones is 1. The van der Waals surface area contributed by atoms with Gasteiger partial charge in [-0.2, -0.15) is 0 Å². The zero-order valence-electron chi connectivity index (χ0n) is 16.5. The smallest absolute Gasteiger partial charge is 0.293 e. The van der Waals surface area contributed by atoms with Crippen molar-refractivity contribution >= 4 is 51.3 Å². The first-order valence-electron chi connectivity index (χ1n) is 9.52. The van der Waals surface area contributed by atoms with Crippen molar-refractivity contribution in [3.05, 3.63) is 99.3 Å². The molecule has 0 spiro atoms. The van der Waals surface area contributed by atoms with Gasteiger partial charge in [-0.05, 0) is 42.5 Å². The van der Waals surface area contributed by atoms with Crippen molar-refractivity contribution in [2.45, 2.75) is 0 Å². The Morgan fingerprint density at radius 3 is 2.47 bits per heavy atom. The second-order valence-electron chi connectivity index (χ2n) is 6.85. The Balaban J connectivity index is 1.58. The van der Waals surface area contributed by atoms with Crippen LogP contribution in [0.15, 0.2) is 77.2 Å². The van der Waals surface area contributed by atoms with Crippen LogP contribution in [0.3, 0.4) is 0 Å². The molecule has 160 valence electrons. The average molecular weight is 450 g/mol. The molecular weight excluding hydrogens is 434 g/mol. The molecule has 0 saturated carbocycles. The zero-order valence-corrected chi connectivity index (χ0v) is 17.3. The lowest BCUT2D eigenvalue weighted by Crippen LogP contribution is -2.17. The molecule has 0 fully saturated rings. The Morgan fingerprint density at radius 1 is 1.00 bits per heavy atom. The molecule has 0 aliphatic rings. The molecule has 8 nitrogen and oxygen atoms in total. The van der Waals surface area contributed by atoms with Crippen LogP contribution in [0.4, 0.5) is 17.1 Å². The van der Waals surface area contributed by atoms with E-state index in [9.17, 15) is 19.7 Å². The van der Waals surface area contributed by atoms with E-state index in [1.807, 2.05) is 0 Å². The number of hydrogen-bond donors (Lipinski definition) is 2. The highest BCUT2D eigenvalue weighted by molar-refractivity contribution is 6.31. The number of carbonyl (C=O) groups excluding carboxylic acids is 2. The fourth-order valence-electron chi connectivity index (χ4n) is 3.17. The van der Waals surface area contributed by atoms with Crippen LogP contribution in [0.1, 0.15) is 20.9 Å². The number of furan rings is 1. The number of halogens is 1. The Kier molecular flexibility index (Phi) is 5.87. The van der Waals surface area contributed by atoms with Crippen molar-refractivity contribution in [3.63, 3.8) is 0 Å². The molecule has 9 heteroatoms. The van der Waals surface area contributed by atoms with E-state index >= 15 is 0 Å². The average Bonchev–Trinajstić information content (AvgIpc) is 3.16.